The molecule has 0 N–H and O–H groups in total. The van der Waals surface area contributed by atoms with Crippen molar-refractivity contribution in [3.05, 3.63) is 70.0 Å². The van der Waals surface area contributed by atoms with Gasteiger partial charge in [-0.1, -0.05) is 81.1 Å². The van der Waals surface area contributed by atoms with Gasteiger partial charge in [0.1, 0.15) is 11.3 Å². The smallest absolute Gasteiger partial charge is 0.258 e. The Morgan fingerprint density at radius 2 is 1.69 bits per heavy atom. The highest BCUT2D eigenvalue weighted by atomic mass is 16.6. The maximum absolute atomic E-state index is 11.1. The molecule has 166 valence electrons. The predicted molar refractivity (Wildman–Crippen MR) is 125 cm³/mol. The number of pyridine rings is 1. The lowest BCUT2D eigenvalue weighted by Gasteiger charge is -2.01. The zero-order valence-electron chi connectivity index (χ0n) is 18.5. The SMILES string of the molecule is CCCCCCCCCCn1cc(-c2ccc(C#Cc3ccccc3[N+](=O)[O-])cn2)nn1. The predicted octanol–water partition coefficient (Wildman–Crippen LogP) is 5.79. The Hall–Kier alpha value is -3.53. The molecule has 7 heteroatoms. The minimum atomic E-state index is -0.428. The highest BCUT2D eigenvalue weighted by molar-refractivity contribution is 5.56. The number of hydrogen-bond acceptors (Lipinski definition) is 5. The van der Waals surface area contributed by atoms with Gasteiger partial charge in [-0.05, 0) is 24.6 Å². The molecule has 2 heterocycles. The standard InChI is InChI=1S/C25H29N5O2/c1-2-3-4-5-6-7-8-11-18-29-20-24(27-28-29)23-17-15-21(19-26-23)14-16-22-12-9-10-13-25(22)30(31)32/h9-10,12-13,15,17,19-20H,2-8,11,18H2,1H3. The Morgan fingerprint density at radius 1 is 0.938 bits per heavy atom. The van der Waals surface area contributed by atoms with Crippen molar-refractivity contribution in [2.75, 3.05) is 0 Å². The quantitative estimate of drug-likeness (QED) is 0.166. The van der Waals surface area contributed by atoms with Crippen LogP contribution in [0.15, 0.2) is 48.8 Å². The number of para-hydroxylation sites is 1. The van der Waals surface area contributed by atoms with Gasteiger partial charge in [0.15, 0.2) is 0 Å². The Labute approximate surface area is 189 Å². The van der Waals surface area contributed by atoms with E-state index in [4.69, 9.17) is 0 Å². The fourth-order valence-corrected chi connectivity index (χ4v) is 3.43. The van der Waals surface area contributed by atoms with E-state index in [1.165, 1.54) is 51.0 Å². The number of rotatable bonds is 11. The molecule has 32 heavy (non-hydrogen) atoms. The maximum Gasteiger partial charge on any atom is 0.284 e. The van der Waals surface area contributed by atoms with Crippen LogP contribution in [0.2, 0.25) is 0 Å². The Balaban J connectivity index is 1.51. The van der Waals surface area contributed by atoms with E-state index in [1.54, 1.807) is 24.4 Å². The monoisotopic (exact) mass is 431 g/mol. The Kier molecular flexibility index (Phi) is 8.93. The lowest BCUT2D eigenvalue weighted by atomic mass is 10.1. The Morgan fingerprint density at radius 3 is 2.41 bits per heavy atom. The first-order chi connectivity index (χ1) is 15.7. The molecule has 0 atom stereocenters. The van der Waals surface area contributed by atoms with Gasteiger partial charge in [-0.3, -0.25) is 19.8 Å². The van der Waals surface area contributed by atoms with Crippen LogP contribution in [0.5, 0.6) is 0 Å². The van der Waals surface area contributed by atoms with Crippen LogP contribution in [0.4, 0.5) is 5.69 Å². The number of unbranched alkanes of at least 4 members (excludes halogenated alkanes) is 7. The van der Waals surface area contributed by atoms with E-state index in [9.17, 15) is 10.1 Å². The average molecular weight is 432 g/mol. The molecular formula is C25H29N5O2. The summed E-state index contributed by atoms with van der Waals surface area (Å²) in [6.45, 7) is 3.10. The van der Waals surface area contributed by atoms with Gasteiger partial charge in [0, 0.05) is 24.4 Å². The van der Waals surface area contributed by atoms with Crippen LogP contribution in [-0.2, 0) is 6.54 Å². The number of aromatic nitrogens is 4. The van der Waals surface area contributed by atoms with Crippen LogP contribution >= 0.6 is 0 Å². The second kappa shape index (κ2) is 12.4. The van der Waals surface area contributed by atoms with Gasteiger partial charge in [0.2, 0.25) is 0 Å². The fourth-order valence-electron chi connectivity index (χ4n) is 3.43. The topological polar surface area (TPSA) is 86.7 Å². The molecule has 0 saturated carbocycles. The van der Waals surface area contributed by atoms with Crippen molar-refractivity contribution in [2.45, 2.75) is 64.8 Å². The molecular weight excluding hydrogens is 402 g/mol. The lowest BCUT2D eigenvalue weighted by molar-refractivity contribution is -0.385. The van der Waals surface area contributed by atoms with Crippen molar-refractivity contribution in [1.82, 2.24) is 20.0 Å². The highest BCUT2D eigenvalue weighted by Crippen LogP contribution is 2.17. The van der Waals surface area contributed by atoms with Crippen LogP contribution in [0.3, 0.4) is 0 Å². The van der Waals surface area contributed by atoms with E-state index < -0.39 is 4.92 Å². The zero-order valence-corrected chi connectivity index (χ0v) is 18.5. The number of nitro groups is 1. The van der Waals surface area contributed by atoms with E-state index in [0.717, 1.165) is 24.4 Å². The molecule has 0 radical (unpaired) electrons. The summed E-state index contributed by atoms with van der Waals surface area (Å²) in [6.07, 6.45) is 13.8. The highest BCUT2D eigenvalue weighted by Gasteiger charge is 2.10. The minimum Gasteiger partial charge on any atom is -0.258 e. The first kappa shape index (κ1) is 23.1. The average Bonchev–Trinajstić information content (AvgIpc) is 3.29. The summed E-state index contributed by atoms with van der Waals surface area (Å²) in [5.41, 5.74) is 2.51. The zero-order chi connectivity index (χ0) is 22.6. The molecule has 0 amide bonds. The molecule has 1 aromatic carbocycles. The number of benzene rings is 1. The summed E-state index contributed by atoms with van der Waals surface area (Å²) >= 11 is 0. The van der Waals surface area contributed by atoms with Crippen molar-refractivity contribution >= 4 is 5.69 Å². The third-order valence-corrected chi connectivity index (χ3v) is 5.25. The van der Waals surface area contributed by atoms with E-state index >= 15 is 0 Å². The third kappa shape index (κ3) is 7.02. The van der Waals surface area contributed by atoms with Gasteiger partial charge in [-0.2, -0.15) is 0 Å². The summed E-state index contributed by atoms with van der Waals surface area (Å²) in [7, 11) is 0. The van der Waals surface area contributed by atoms with Crippen molar-refractivity contribution < 1.29 is 4.92 Å². The van der Waals surface area contributed by atoms with E-state index in [1.807, 2.05) is 23.0 Å². The van der Waals surface area contributed by atoms with Gasteiger partial charge in [-0.15, -0.1) is 5.10 Å². The minimum absolute atomic E-state index is 0.00214. The summed E-state index contributed by atoms with van der Waals surface area (Å²) in [4.78, 5) is 15.1. The van der Waals surface area contributed by atoms with Gasteiger partial charge in [0.25, 0.3) is 5.69 Å². The number of hydrogen-bond donors (Lipinski definition) is 0. The van der Waals surface area contributed by atoms with Crippen molar-refractivity contribution in [1.29, 1.82) is 0 Å². The number of nitro benzene ring substituents is 1. The van der Waals surface area contributed by atoms with Gasteiger partial charge >= 0.3 is 0 Å². The largest absolute Gasteiger partial charge is 0.284 e. The summed E-state index contributed by atoms with van der Waals surface area (Å²) in [5, 5.41) is 19.5. The summed E-state index contributed by atoms with van der Waals surface area (Å²) in [6, 6.07) is 10.1. The molecule has 0 aliphatic carbocycles. The van der Waals surface area contributed by atoms with Crippen LogP contribution in [0, 0.1) is 22.0 Å². The van der Waals surface area contributed by atoms with Crippen LogP contribution < -0.4 is 0 Å². The van der Waals surface area contributed by atoms with Crippen molar-refractivity contribution in [2.24, 2.45) is 0 Å². The molecule has 3 rings (SSSR count). The molecule has 0 saturated heterocycles. The first-order valence-electron chi connectivity index (χ1n) is 11.3. The number of nitrogens with zero attached hydrogens (tertiary/aromatic N) is 5. The molecule has 0 aliphatic rings. The second-order valence-corrected chi connectivity index (χ2v) is 7.80. The van der Waals surface area contributed by atoms with Crippen LogP contribution in [0.1, 0.15) is 69.4 Å². The number of aryl methyl sites for hydroxylation is 1. The van der Waals surface area contributed by atoms with E-state index in [0.29, 0.717) is 11.1 Å². The normalized spacial score (nSPS) is 10.5. The lowest BCUT2D eigenvalue weighted by Crippen LogP contribution is -1.98. The van der Waals surface area contributed by atoms with E-state index in [2.05, 4.69) is 34.1 Å². The van der Waals surface area contributed by atoms with Gasteiger partial charge in [-0.25, -0.2) is 0 Å². The van der Waals surface area contributed by atoms with E-state index in [-0.39, 0.29) is 5.69 Å². The Bertz CT molecular complexity index is 1060. The molecule has 0 fully saturated rings. The van der Waals surface area contributed by atoms with Crippen LogP contribution in [0.25, 0.3) is 11.4 Å². The van der Waals surface area contributed by atoms with Crippen molar-refractivity contribution in [3.8, 4) is 23.2 Å². The molecule has 2 aromatic heterocycles. The maximum atomic E-state index is 11.1. The van der Waals surface area contributed by atoms with Crippen LogP contribution in [-0.4, -0.2) is 24.9 Å². The third-order valence-electron chi connectivity index (χ3n) is 5.25. The molecule has 0 aliphatic heterocycles. The molecule has 0 spiro atoms. The fraction of sp³-hybridized carbons (Fsp3) is 0.400. The second-order valence-electron chi connectivity index (χ2n) is 7.80. The summed E-state index contributed by atoms with van der Waals surface area (Å²) < 4.78 is 1.87. The molecule has 7 nitrogen and oxygen atoms in total. The summed E-state index contributed by atoms with van der Waals surface area (Å²) in [5.74, 6) is 5.80. The molecule has 0 unspecified atom stereocenters. The molecule has 0 bridgehead atoms. The van der Waals surface area contributed by atoms with Crippen molar-refractivity contribution in [3.63, 3.8) is 0 Å². The first-order valence-corrected chi connectivity index (χ1v) is 11.3. The molecule has 3 aromatic rings. The van der Waals surface area contributed by atoms with Gasteiger partial charge in [0.05, 0.1) is 16.8 Å². The van der Waals surface area contributed by atoms with Gasteiger partial charge < -0.3 is 0 Å².